The fourth-order valence-electron chi connectivity index (χ4n) is 0.650. The first kappa shape index (κ1) is 7.38. The second kappa shape index (κ2) is 2.90. The van der Waals surface area contributed by atoms with Crippen LogP contribution >= 0.6 is 11.6 Å². The molecule has 0 radical (unpaired) electrons. The van der Waals surface area contributed by atoms with Gasteiger partial charge in [-0.15, -0.1) is 6.58 Å². The zero-order valence-corrected chi connectivity index (χ0v) is 6.14. The Morgan fingerprint density at radius 1 is 1.80 bits per heavy atom. The summed E-state index contributed by atoms with van der Waals surface area (Å²) in [6, 6.07) is 1.35. The SMILES string of the molecule is C=CC(N)c1occc1Cl. The van der Waals surface area contributed by atoms with E-state index in [2.05, 4.69) is 6.58 Å². The monoisotopic (exact) mass is 157 g/mol. The van der Waals surface area contributed by atoms with Crippen LogP contribution in [0.1, 0.15) is 11.8 Å². The average molecular weight is 158 g/mol. The molecule has 54 valence electrons. The number of hydrogen-bond donors (Lipinski definition) is 1. The second-order valence-electron chi connectivity index (χ2n) is 1.89. The molecule has 0 aliphatic rings. The van der Waals surface area contributed by atoms with Crippen LogP contribution in [-0.4, -0.2) is 0 Å². The normalized spacial score (nSPS) is 13.0. The van der Waals surface area contributed by atoms with Crippen molar-refractivity contribution >= 4 is 11.6 Å². The summed E-state index contributed by atoms with van der Waals surface area (Å²) < 4.78 is 4.99. The van der Waals surface area contributed by atoms with Gasteiger partial charge in [0.25, 0.3) is 0 Å². The summed E-state index contributed by atoms with van der Waals surface area (Å²) in [5, 5.41) is 0.549. The highest BCUT2D eigenvalue weighted by molar-refractivity contribution is 6.31. The minimum absolute atomic E-state index is 0.303. The smallest absolute Gasteiger partial charge is 0.142 e. The fraction of sp³-hybridized carbons (Fsp3) is 0.143. The Morgan fingerprint density at radius 2 is 2.50 bits per heavy atom. The summed E-state index contributed by atoms with van der Waals surface area (Å²) in [5.74, 6) is 0.566. The highest BCUT2D eigenvalue weighted by atomic mass is 35.5. The van der Waals surface area contributed by atoms with E-state index < -0.39 is 0 Å². The minimum Gasteiger partial charge on any atom is -0.466 e. The van der Waals surface area contributed by atoms with Gasteiger partial charge in [-0.2, -0.15) is 0 Å². The Balaban J connectivity index is 2.92. The molecule has 0 aliphatic carbocycles. The third-order valence-electron chi connectivity index (χ3n) is 1.20. The van der Waals surface area contributed by atoms with E-state index >= 15 is 0 Å². The lowest BCUT2D eigenvalue weighted by Crippen LogP contribution is -2.05. The van der Waals surface area contributed by atoms with Gasteiger partial charge in [-0.25, -0.2) is 0 Å². The van der Waals surface area contributed by atoms with Crippen LogP contribution in [0.5, 0.6) is 0 Å². The summed E-state index contributed by atoms with van der Waals surface area (Å²) >= 11 is 5.69. The van der Waals surface area contributed by atoms with Crippen LogP contribution in [0.15, 0.2) is 29.4 Å². The Morgan fingerprint density at radius 3 is 2.90 bits per heavy atom. The van der Waals surface area contributed by atoms with Crippen LogP contribution in [0.2, 0.25) is 5.02 Å². The molecule has 0 amide bonds. The van der Waals surface area contributed by atoms with Gasteiger partial charge in [-0.3, -0.25) is 0 Å². The first-order valence-corrected chi connectivity index (χ1v) is 3.24. The molecule has 3 heteroatoms. The van der Waals surface area contributed by atoms with E-state index in [9.17, 15) is 0 Å². The molecule has 1 aromatic heterocycles. The molecule has 1 heterocycles. The van der Waals surface area contributed by atoms with Crippen molar-refractivity contribution in [2.75, 3.05) is 0 Å². The Labute approximate surface area is 64.3 Å². The van der Waals surface area contributed by atoms with Crippen molar-refractivity contribution in [1.29, 1.82) is 0 Å². The summed E-state index contributed by atoms with van der Waals surface area (Å²) in [6.07, 6.45) is 3.08. The molecule has 2 N–H and O–H groups in total. The largest absolute Gasteiger partial charge is 0.466 e. The molecule has 1 unspecified atom stereocenters. The third kappa shape index (κ3) is 1.23. The molecule has 2 nitrogen and oxygen atoms in total. The standard InChI is InChI=1S/C7H8ClNO/c1-2-6(9)7-5(8)3-4-10-7/h2-4,6H,1,9H2. The van der Waals surface area contributed by atoms with Gasteiger partial charge in [-0.1, -0.05) is 17.7 Å². The minimum atomic E-state index is -0.303. The number of nitrogens with two attached hydrogens (primary N) is 1. The van der Waals surface area contributed by atoms with E-state index in [-0.39, 0.29) is 6.04 Å². The zero-order chi connectivity index (χ0) is 7.56. The van der Waals surface area contributed by atoms with Crippen LogP contribution in [0.25, 0.3) is 0 Å². The van der Waals surface area contributed by atoms with E-state index in [0.29, 0.717) is 10.8 Å². The van der Waals surface area contributed by atoms with Gasteiger partial charge in [0.1, 0.15) is 5.76 Å². The third-order valence-corrected chi connectivity index (χ3v) is 1.51. The molecule has 0 spiro atoms. The summed E-state index contributed by atoms with van der Waals surface area (Å²) in [6.45, 7) is 3.51. The molecule has 1 rings (SSSR count). The maximum atomic E-state index is 5.69. The first-order valence-electron chi connectivity index (χ1n) is 2.86. The van der Waals surface area contributed by atoms with E-state index in [1.807, 2.05) is 0 Å². The summed E-state index contributed by atoms with van der Waals surface area (Å²) in [7, 11) is 0. The molecule has 0 aliphatic heterocycles. The predicted octanol–water partition coefficient (Wildman–Crippen LogP) is 2.12. The number of halogens is 1. The topological polar surface area (TPSA) is 39.2 Å². The van der Waals surface area contributed by atoms with Crippen molar-refractivity contribution in [2.45, 2.75) is 6.04 Å². The quantitative estimate of drug-likeness (QED) is 0.668. The lowest BCUT2D eigenvalue weighted by atomic mass is 10.2. The highest BCUT2D eigenvalue weighted by Crippen LogP contribution is 2.22. The molecule has 1 atom stereocenters. The lowest BCUT2D eigenvalue weighted by Gasteiger charge is -2.00. The van der Waals surface area contributed by atoms with Crippen LogP contribution < -0.4 is 5.73 Å². The van der Waals surface area contributed by atoms with Gasteiger partial charge in [0, 0.05) is 0 Å². The molecule has 0 aromatic carbocycles. The first-order chi connectivity index (χ1) is 4.75. The van der Waals surface area contributed by atoms with Gasteiger partial charge in [0.2, 0.25) is 0 Å². The summed E-state index contributed by atoms with van der Waals surface area (Å²) in [4.78, 5) is 0. The average Bonchev–Trinajstić information content (AvgIpc) is 2.34. The van der Waals surface area contributed by atoms with E-state index in [0.717, 1.165) is 0 Å². The van der Waals surface area contributed by atoms with E-state index in [1.54, 1.807) is 12.1 Å². The number of hydrogen-bond acceptors (Lipinski definition) is 2. The Hall–Kier alpha value is -0.730. The molecule has 0 saturated heterocycles. The van der Waals surface area contributed by atoms with Gasteiger partial charge >= 0.3 is 0 Å². The van der Waals surface area contributed by atoms with E-state index in [1.165, 1.54) is 6.26 Å². The highest BCUT2D eigenvalue weighted by Gasteiger charge is 2.08. The molecule has 0 bridgehead atoms. The molecular weight excluding hydrogens is 150 g/mol. The zero-order valence-electron chi connectivity index (χ0n) is 5.38. The number of rotatable bonds is 2. The van der Waals surface area contributed by atoms with Crippen molar-refractivity contribution in [3.8, 4) is 0 Å². The van der Waals surface area contributed by atoms with Crippen LogP contribution in [0.4, 0.5) is 0 Å². The van der Waals surface area contributed by atoms with E-state index in [4.69, 9.17) is 21.8 Å². The van der Waals surface area contributed by atoms with Gasteiger partial charge in [0.15, 0.2) is 0 Å². The molecular formula is C7H8ClNO. The summed E-state index contributed by atoms with van der Waals surface area (Å²) in [5.41, 5.74) is 5.54. The molecule has 0 saturated carbocycles. The second-order valence-corrected chi connectivity index (χ2v) is 2.30. The fourth-order valence-corrected chi connectivity index (χ4v) is 0.872. The van der Waals surface area contributed by atoms with Crippen molar-refractivity contribution in [1.82, 2.24) is 0 Å². The predicted molar refractivity (Wildman–Crippen MR) is 40.8 cm³/mol. The molecule has 10 heavy (non-hydrogen) atoms. The lowest BCUT2D eigenvalue weighted by molar-refractivity contribution is 0.494. The maximum absolute atomic E-state index is 5.69. The molecule has 0 fully saturated rings. The van der Waals surface area contributed by atoms with Gasteiger partial charge < -0.3 is 10.2 Å². The van der Waals surface area contributed by atoms with Crippen molar-refractivity contribution in [2.24, 2.45) is 5.73 Å². The van der Waals surface area contributed by atoms with Gasteiger partial charge in [0.05, 0.1) is 17.3 Å². The number of furan rings is 1. The van der Waals surface area contributed by atoms with Gasteiger partial charge in [-0.05, 0) is 6.07 Å². The van der Waals surface area contributed by atoms with Crippen molar-refractivity contribution < 1.29 is 4.42 Å². The Kier molecular flexibility index (Phi) is 2.14. The van der Waals surface area contributed by atoms with Crippen LogP contribution in [0, 0.1) is 0 Å². The van der Waals surface area contributed by atoms with Crippen LogP contribution in [0.3, 0.4) is 0 Å². The molecule has 1 aromatic rings. The maximum Gasteiger partial charge on any atom is 0.142 e. The van der Waals surface area contributed by atoms with Crippen molar-refractivity contribution in [3.63, 3.8) is 0 Å². The Bertz CT molecular complexity index is 231. The van der Waals surface area contributed by atoms with Crippen molar-refractivity contribution in [3.05, 3.63) is 35.8 Å². The van der Waals surface area contributed by atoms with Crippen LogP contribution in [-0.2, 0) is 0 Å².